The first-order valence-electron chi connectivity index (χ1n) is 6.94. The van der Waals surface area contributed by atoms with Crippen molar-refractivity contribution >= 4 is 16.7 Å². The molecule has 1 aliphatic heterocycles. The third-order valence-electron chi connectivity index (χ3n) is 3.88. The summed E-state index contributed by atoms with van der Waals surface area (Å²) in [6, 6.07) is 8.14. The number of para-hydroxylation sites is 1. The van der Waals surface area contributed by atoms with Crippen LogP contribution in [0.2, 0.25) is 0 Å². The fourth-order valence-corrected chi connectivity index (χ4v) is 2.92. The van der Waals surface area contributed by atoms with E-state index in [0.717, 1.165) is 36.2 Å². The minimum atomic E-state index is 0.281. The van der Waals surface area contributed by atoms with Crippen LogP contribution < -0.4 is 4.90 Å². The van der Waals surface area contributed by atoms with Crippen molar-refractivity contribution in [2.45, 2.75) is 19.3 Å². The van der Waals surface area contributed by atoms with E-state index in [-0.39, 0.29) is 6.61 Å². The Morgan fingerprint density at radius 2 is 2.16 bits per heavy atom. The number of aliphatic hydroxyl groups excluding tert-OH is 1. The second kappa shape index (κ2) is 5.53. The van der Waals surface area contributed by atoms with Gasteiger partial charge in [0.1, 0.15) is 12.1 Å². The first-order chi connectivity index (χ1) is 9.38. The third kappa shape index (κ3) is 2.54. The van der Waals surface area contributed by atoms with Crippen LogP contribution in [0.5, 0.6) is 0 Å². The van der Waals surface area contributed by atoms with Gasteiger partial charge in [-0.2, -0.15) is 0 Å². The van der Waals surface area contributed by atoms with Crippen LogP contribution in [-0.4, -0.2) is 34.8 Å². The van der Waals surface area contributed by atoms with Gasteiger partial charge in [0.15, 0.2) is 0 Å². The zero-order valence-electron chi connectivity index (χ0n) is 11.0. The number of anilines is 1. The number of hydrogen-bond donors (Lipinski definition) is 1. The highest BCUT2D eigenvalue weighted by atomic mass is 16.3. The summed E-state index contributed by atoms with van der Waals surface area (Å²) >= 11 is 0. The van der Waals surface area contributed by atoms with Gasteiger partial charge in [-0.1, -0.05) is 12.1 Å². The van der Waals surface area contributed by atoms with Crippen molar-refractivity contribution in [2.24, 2.45) is 5.92 Å². The summed E-state index contributed by atoms with van der Waals surface area (Å²) in [6.07, 6.45) is 4.91. The number of rotatable bonds is 3. The van der Waals surface area contributed by atoms with Gasteiger partial charge in [-0.15, -0.1) is 0 Å². The Balaban J connectivity index is 1.91. The summed E-state index contributed by atoms with van der Waals surface area (Å²) in [5.74, 6) is 1.61. The number of hydrogen-bond acceptors (Lipinski definition) is 4. The van der Waals surface area contributed by atoms with Crippen molar-refractivity contribution in [3.63, 3.8) is 0 Å². The average molecular weight is 257 g/mol. The largest absolute Gasteiger partial charge is 0.396 e. The molecule has 1 aromatic heterocycles. The fraction of sp³-hybridized carbons (Fsp3) is 0.467. The van der Waals surface area contributed by atoms with Crippen molar-refractivity contribution in [3.05, 3.63) is 30.6 Å². The van der Waals surface area contributed by atoms with E-state index in [9.17, 15) is 0 Å². The van der Waals surface area contributed by atoms with E-state index in [1.54, 1.807) is 6.33 Å². The third-order valence-corrected chi connectivity index (χ3v) is 3.88. The van der Waals surface area contributed by atoms with Crippen LogP contribution >= 0.6 is 0 Å². The predicted molar refractivity (Wildman–Crippen MR) is 76.2 cm³/mol. The number of benzene rings is 1. The van der Waals surface area contributed by atoms with Gasteiger partial charge in [0.2, 0.25) is 0 Å². The normalized spacial score (nSPS) is 19.8. The molecule has 0 radical (unpaired) electrons. The van der Waals surface area contributed by atoms with Gasteiger partial charge in [0.05, 0.1) is 5.52 Å². The topological polar surface area (TPSA) is 49.2 Å². The predicted octanol–water partition coefficient (Wildman–Crippen LogP) is 2.23. The van der Waals surface area contributed by atoms with E-state index in [4.69, 9.17) is 5.11 Å². The van der Waals surface area contributed by atoms with E-state index in [1.165, 1.54) is 12.8 Å². The molecule has 1 aromatic carbocycles. The smallest absolute Gasteiger partial charge is 0.139 e. The zero-order chi connectivity index (χ0) is 13.1. The van der Waals surface area contributed by atoms with Gasteiger partial charge in [-0.05, 0) is 37.3 Å². The summed E-state index contributed by atoms with van der Waals surface area (Å²) in [5.41, 5.74) is 0.997. The molecular formula is C15H19N3O. The monoisotopic (exact) mass is 257 g/mol. The lowest BCUT2D eigenvalue weighted by Gasteiger charge is -2.33. The molecule has 0 aliphatic carbocycles. The lowest BCUT2D eigenvalue weighted by atomic mass is 9.95. The molecule has 100 valence electrons. The van der Waals surface area contributed by atoms with Crippen LogP contribution in [0, 0.1) is 5.92 Å². The highest BCUT2D eigenvalue weighted by Gasteiger charge is 2.21. The lowest BCUT2D eigenvalue weighted by Crippen LogP contribution is -2.36. The summed E-state index contributed by atoms with van der Waals surface area (Å²) < 4.78 is 0. The number of nitrogens with zero attached hydrogens (tertiary/aromatic N) is 3. The van der Waals surface area contributed by atoms with Crippen LogP contribution in [-0.2, 0) is 0 Å². The molecule has 0 bridgehead atoms. The average Bonchev–Trinajstić information content (AvgIpc) is 2.47. The molecule has 1 aliphatic rings. The Labute approximate surface area is 113 Å². The zero-order valence-corrected chi connectivity index (χ0v) is 11.0. The number of aromatic nitrogens is 2. The van der Waals surface area contributed by atoms with Crippen LogP contribution in [0.15, 0.2) is 30.6 Å². The van der Waals surface area contributed by atoms with Gasteiger partial charge in [0, 0.05) is 25.1 Å². The first-order valence-corrected chi connectivity index (χ1v) is 6.94. The van der Waals surface area contributed by atoms with Gasteiger partial charge in [-0.25, -0.2) is 9.97 Å². The molecule has 3 rings (SSSR count). The van der Waals surface area contributed by atoms with Crippen LogP contribution in [0.25, 0.3) is 10.9 Å². The Morgan fingerprint density at radius 3 is 3.05 bits per heavy atom. The van der Waals surface area contributed by atoms with Gasteiger partial charge in [0.25, 0.3) is 0 Å². The van der Waals surface area contributed by atoms with Crippen molar-refractivity contribution in [1.82, 2.24) is 9.97 Å². The molecule has 0 amide bonds. The Hall–Kier alpha value is -1.68. The second-order valence-electron chi connectivity index (χ2n) is 5.18. The van der Waals surface area contributed by atoms with Gasteiger partial charge < -0.3 is 10.0 Å². The van der Waals surface area contributed by atoms with Crippen LogP contribution in [0.1, 0.15) is 19.3 Å². The molecule has 4 nitrogen and oxygen atoms in total. The van der Waals surface area contributed by atoms with E-state index in [0.29, 0.717) is 5.92 Å². The lowest BCUT2D eigenvalue weighted by molar-refractivity contribution is 0.244. The molecule has 1 N–H and O–H groups in total. The van der Waals surface area contributed by atoms with Crippen molar-refractivity contribution in [1.29, 1.82) is 0 Å². The van der Waals surface area contributed by atoms with Crippen LogP contribution in [0.3, 0.4) is 0 Å². The summed E-state index contributed by atoms with van der Waals surface area (Å²) in [5, 5.41) is 10.2. The van der Waals surface area contributed by atoms with Crippen molar-refractivity contribution in [2.75, 3.05) is 24.6 Å². The maximum Gasteiger partial charge on any atom is 0.139 e. The van der Waals surface area contributed by atoms with E-state index < -0.39 is 0 Å². The molecule has 1 fully saturated rings. The van der Waals surface area contributed by atoms with E-state index >= 15 is 0 Å². The van der Waals surface area contributed by atoms with Gasteiger partial charge in [-0.3, -0.25) is 0 Å². The quantitative estimate of drug-likeness (QED) is 0.916. The maximum absolute atomic E-state index is 9.10. The summed E-state index contributed by atoms with van der Waals surface area (Å²) in [6.45, 7) is 2.31. The molecule has 19 heavy (non-hydrogen) atoms. The number of aliphatic hydroxyl groups is 1. The minimum absolute atomic E-state index is 0.281. The van der Waals surface area contributed by atoms with E-state index in [2.05, 4.69) is 20.9 Å². The van der Waals surface area contributed by atoms with Crippen LogP contribution in [0.4, 0.5) is 5.82 Å². The SMILES string of the molecule is OCCC1CCCN(c2ncnc3ccccc23)C1. The van der Waals surface area contributed by atoms with Gasteiger partial charge >= 0.3 is 0 Å². The number of fused-ring (bicyclic) bond motifs is 1. The fourth-order valence-electron chi connectivity index (χ4n) is 2.92. The summed E-state index contributed by atoms with van der Waals surface area (Å²) in [7, 11) is 0. The van der Waals surface area contributed by atoms with Crippen molar-refractivity contribution in [3.8, 4) is 0 Å². The molecule has 0 saturated carbocycles. The molecule has 0 spiro atoms. The molecule has 4 heteroatoms. The Kier molecular flexibility index (Phi) is 3.60. The standard InChI is InChI=1S/C15H19N3O/c19-9-7-12-4-3-8-18(10-12)15-13-5-1-2-6-14(13)16-11-17-15/h1-2,5-6,11-12,19H,3-4,7-10H2. The maximum atomic E-state index is 9.10. The second-order valence-corrected chi connectivity index (χ2v) is 5.18. The molecule has 2 heterocycles. The minimum Gasteiger partial charge on any atom is -0.396 e. The summed E-state index contributed by atoms with van der Waals surface area (Å²) in [4.78, 5) is 11.1. The van der Waals surface area contributed by atoms with Crippen molar-refractivity contribution < 1.29 is 5.11 Å². The first kappa shape index (κ1) is 12.4. The molecule has 1 atom stereocenters. The Morgan fingerprint density at radius 1 is 1.26 bits per heavy atom. The number of piperidine rings is 1. The highest BCUT2D eigenvalue weighted by Crippen LogP contribution is 2.28. The van der Waals surface area contributed by atoms with E-state index in [1.807, 2.05) is 18.2 Å². The molecule has 1 saturated heterocycles. The highest BCUT2D eigenvalue weighted by molar-refractivity contribution is 5.89. The Bertz CT molecular complexity index is 551. The molecule has 1 unspecified atom stereocenters. The molecular weight excluding hydrogens is 238 g/mol. The molecule has 2 aromatic rings.